The zero-order valence-electron chi connectivity index (χ0n) is 10.9. The first kappa shape index (κ1) is 13.9. The lowest BCUT2D eigenvalue weighted by atomic mass is 9.98. The topological polar surface area (TPSA) is 52.7 Å². The molecule has 0 bridgehead atoms. The smallest absolute Gasteiger partial charge is 0.0608 e. The number of likely N-dealkylation sites (N-methyl/N-ethyl adjacent to an activating group) is 1. The van der Waals surface area contributed by atoms with Crippen molar-refractivity contribution in [2.45, 2.75) is 37.8 Å². The van der Waals surface area contributed by atoms with Crippen LogP contribution >= 0.6 is 0 Å². The summed E-state index contributed by atoms with van der Waals surface area (Å²) in [6.45, 7) is 5.47. The van der Waals surface area contributed by atoms with Crippen molar-refractivity contribution in [1.29, 1.82) is 0 Å². The zero-order chi connectivity index (χ0) is 12.2. The summed E-state index contributed by atoms with van der Waals surface area (Å²) in [4.78, 5) is 4.80. The fourth-order valence-corrected chi connectivity index (χ4v) is 2.22. The molecular formula is C12H27N3O. The first-order chi connectivity index (χ1) is 7.44. The predicted molar refractivity (Wildman–Crippen MR) is 67.4 cm³/mol. The summed E-state index contributed by atoms with van der Waals surface area (Å²) in [5.41, 5.74) is 5.50. The normalized spacial score (nSPS) is 26.2. The van der Waals surface area contributed by atoms with E-state index in [0.717, 1.165) is 19.4 Å². The van der Waals surface area contributed by atoms with Gasteiger partial charge in [0.25, 0.3) is 0 Å². The van der Waals surface area contributed by atoms with Crippen LogP contribution in [-0.4, -0.2) is 66.8 Å². The van der Waals surface area contributed by atoms with Crippen LogP contribution in [0.5, 0.6) is 0 Å². The van der Waals surface area contributed by atoms with Crippen molar-refractivity contribution in [3.63, 3.8) is 0 Å². The van der Waals surface area contributed by atoms with E-state index < -0.39 is 5.54 Å². The number of hydrogen-bond acceptors (Lipinski definition) is 4. The molecule has 1 saturated heterocycles. The van der Waals surface area contributed by atoms with Crippen LogP contribution in [0.1, 0.15) is 26.2 Å². The SMILES string of the molecule is CN(C)C1CCN(CCCC(C)(N)CO)C1. The minimum Gasteiger partial charge on any atom is -0.394 e. The molecular weight excluding hydrogens is 202 g/mol. The molecule has 1 rings (SSSR count). The second-order valence-electron chi connectivity index (χ2n) is 5.62. The van der Waals surface area contributed by atoms with Crippen molar-refractivity contribution >= 4 is 0 Å². The number of nitrogens with two attached hydrogens (primary N) is 1. The van der Waals surface area contributed by atoms with Gasteiger partial charge in [-0.1, -0.05) is 0 Å². The Balaban J connectivity index is 2.16. The summed E-state index contributed by atoms with van der Waals surface area (Å²) in [6.07, 6.45) is 3.24. The highest BCUT2D eigenvalue weighted by atomic mass is 16.3. The Bertz CT molecular complexity index is 206. The van der Waals surface area contributed by atoms with Gasteiger partial charge in [-0.3, -0.25) is 0 Å². The Morgan fingerprint density at radius 2 is 2.19 bits per heavy atom. The van der Waals surface area contributed by atoms with Crippen LogP contribution in [-0.2, 0) is 0 Å². The van der Waals surface area contributed by atoms with Crippen molar-refractivity contribution in [3.8, 4) is 0 Å². The molecule has 1 aliphatic rings. The van der Waals surface area contributed by atoms with Crippen molar-refractivity contribution in [3.05, 3.63) is 0 Å². The van der Waals surface area contributed by atoms with Gasteiger partial charge < -0.3 is 20.6 Å². The highest BCUT2D eigenvalue weighted by Gasteiger charge is 2.24. The Morgan fingerprint density at radius 1 is 1.50 bits per heavy atom. The van der Waals surface area contributed by atoms with E-state index in [-0.39, 0.29) is 6.61 Å². The molecule has 4 heteroatoms. The maximum absolute atomic E-state index is 9.06. The molecule has 96 valence electrons. The summed E-state index contributed by atoms with van der Waals surface area (Å²) in [5.74, 6) is 0. The summed E-state index contributed by atoms with van der Waals surface area (Å²) < 4.78 is 0. The van der Waals surface area contributed by atoms with E-state index in [0.29, 0.717) is 6.04 Å². The van der Waals surface area contributed by atoms with E-state index in [1.165, 1.54) is 19.5 Å². The van der Waals surface area contributed by atoms with Crippen molar-refractivity contribution in [1.82, 2.24) is 9.80 Å². The summed E-state index contributed by atoms with van der Waals surface area (Å²) in [5, 5.41) is 9.06. The van der Waals surface area contributed by atoms with Crippen LogP contribution < -0.4 is 5.73 Å². The molecule has 3 N–H and O–H groups in total. The molecule has 0 aromatic heterocycles. The van der Waals surface area contributed by atoms with Gasteiger partial charge in [0.1, 0.15) is 0 Å². The average Bonchev–Trinajstić information content (AvgIpc) is 2.66. The Kier molecular flexibility index (Phi) is 5.18. The third-order valence-electron chi connectivity index (χ3n) is 3.56. The van der Waals surface area contributed by atoms with Gasteiger partial charge in [-0.2, -0.15) is 0 Å². The molecule has 1 fully saturated rings. The van der Waals surface area contributed by atoms with E-state index >= 15 is 0 Å². The maximum Gasteiger partial charge on any atom is 0.0608 e. The summed E-state index contributed by atoms with van der Waals surface area (Å²) >= 11 is 0. The Hall–Kier alpha value is -0.160. The minimum atomic E-state index is -0.402. The minimum absolute atomic E-state index is 0.0767. The summed E-state index contributed by atoms with van der Waals surface area (Å²) in [6, 6.07) is 0.710. The molecule has 0 radical (unpaired) electrons. The molecule has 0 aromatic rings. The third-order valence-corrected chi connectivity index (χ3v) is 3.56. The van der Waals surface area contributed by atoms with Gasteiger partial charge in [0.05, 0.1) is 6.61 Å². The fraction of sp³-hybridized carbons (Fsp3) is 1.00. The van der Waals surface area contributed by atoms with Gasteiger partial charge in [-0.25, -0.2) is 0 Å². The van der Waals surface area contributed by atoms with E-state index in [2.05, 4.69) is 23.9 Å². The second kappa shape index (κ2) is 5.96. The highest BCUT2D eigenvalue weighted by Crippen LogP contribution is 2.15. The zero-order valence-corrected chi connectivity index (χ0v) is 10.9. The van der Waals surface area contributed by atoms with Crippen LogP contribution in [0.3, 0.4) is 0 Å². The monoisotopic (exact) mass is 229 g/mol. The molecule has 0 saturated carbocycles. The molecule has 0 spiro atoms. The van der Waals surface area contributed by atoms with Crippen LogP contribution in [0, 0.1) is 0 Å². The number of hydrogen-bond donors (Lipinski definition) is 2. The van der Waals surface area contributed by atoms with Crippen molar-refractivity contribution in [2.75, 3.05) is 40.3 Å². The third kappa shape index (κ3) is 4.37. The largest absolute Gasteiger partial charge is 0.394 e. The number of nitrogens with zero attached hydrogens (tertiary/aromatic N) is 2. The lowest BCUT2D eigenvalue weighted by Crippen LogP contribution is -2.41. The lowest BCUT2D eigenvalue weighted by Gasteiger charge is -2.24. The molecule has 1 aliphatic heterocycles. The van der Waals surface area contributed by atoms with Gasteiger partial charge >= 0.3 is 0 Å². The first-order valence-corrected chi connectivity index (χ1v) is 6.23. The summed E-state index contributed by atoms with van der Waals surface area (Å²) in [7, 11) is 4.30. The van der Waals surface area contributed by atoms with E-state index in [1.807, 2.05) is 6.92 Å². The quantitative estimate of drug-likeness (QED) is 0.679. The number of aliphatic hydroxyl groups excluding tert-OH is 1. The van der Waals surface area contributed by atoms with Gasteiger partial charge in [0.2, 0.25) is 0 Å². The number of likely N-dealkylation sites (tertiary alicyclic amines) is 1. The van der Waals surface area contributed by atoms with E-state index in [9.17, 15) is 0 Å². The van der Waals surface area contributed by atoms with Crippen molar-refractivity contribution in [2.24, 2.45) is 5.73 Å². The molecule has 2 atom stereocenters. The van der Waals surface area contributed by atoms with E-state index in [1.54, 1.807) is 0 Å². The van der Waals surface area contributed by atoms with Gasteiger partial charge in [-0.15, -0.1) is 0 Å². The molecule has 2 unspecified atom stereocenters. The van der Waals surface area contributed by atoms with Crippen LogP contribution in [0.25, 0.3) is 0 Å². The molecule has 0 aromatic carbocycles. The van der Waals surface area contributed by atoms with Crippen LogP contribution in [0.2, 0.25) is 0 Å². The Morgan fingerprint density at radius 3 is 2.69 bits per heavy atom. The standard InChI is InChI=1S/C12H27N3O/c1-12(13,10-16)6-4-7-15-8-5-11(9-15)14(2)3/h11,16H,4-10,13H2,1-3H3. The average molecular weight is 229 g/mol. The lowest BCUT2D eigenvalue weighted by molar-refractivity contribution is 0.190. The van der Waals surface area contributed by atoms with Gasteiger partial charge in [-0.05, 0) is 53.4 Å². The maximum atomic E-state index is 9.06. The molecule has 16 heavy (non-hydrogen) atoms. The van der Waals surface area contributed by atoms with Crippen molar-refractivity contribution < 1.29 is 5.11 Å². The highest BCUT2D eigenvalue weighted by molar-refractivity contribution is 4.82. The van der Waals surface area contributed by atoms with Crippen LogP contribution in [0.15, 0.2) is 0 Å². The van der Waals surface area contributed by atoms with Gasteiger partial charge in [0.15, 0.2) is 0 Å². The molecule has 0 aliphatic carbocycles. The number of rotatable bonds is 6. The Labute approximate surface area is 99.4 Å². The van der Waals surface area contributed by atoms with Gasteiger partial charge in [0, 0.05) is 18.1 Å². The predicted octanol–water partition coefficient (Wildman–Crippen LogP) is 0.112. The first-order valence-electron chi connectivity index (χ1n) is 6.23. The molecule has 4 nitrogen and oxygen atoms in total. The molecule has 1 heterocycles. The van der Waals surface area contributed by atoms with E-state index in [4.69, 9.17) is 10.8 Å². The number of aliphatic hydroxyl groups is 1. The fourth-order valence-electron chi connectivity index (χ4n) is 2.22. The van der Waals surface area contributed by atoms with Crippen LogP contribution in [0.4, 0.5) is 0 Å². The second-order valence-corrected chi connectivity index (χ2v) is 5.62. The molecule has 0 amide bonds.